The molecule has 0 atom stereocenters. The maximum absolute atomic E-state index is 13.3. The number of nitrogens with zero attached hydrogens (tertiary/aromatic N) is 3. The highest BCUT2D eigenvalue weighted by atomic mass is 16.3. The standard InChI is InChI=1S/C33H36N4O3/c34-21-23-4-3-5-24(16-23)25-8-9-31-26(17-25)10-13-37(22-32(40)35-27-18-29(38)20-30(39)19-27)33(31)11-14-36(15-12-33)28-6-1-2-7-28/h3-5,8-9,16-20,28,38-39H,1-2,6-7,10-15,22H2,(H,35,40). The molecule has 2 fully saturated rings. The molecule has 3 aromatic rings. The molecule has 1 spiro atoms. The van der Waals surface area contributed by atoms with Crippen molar-refractivity contribution in [2.24, 2.45) is 0 Å². The first-order valence-corrected chi connectivity index (χ1v) is 14.4. The summed E-state index contributed by atoms with van der Waals surface area (Å²) in [5, 5.41) is 31.9. The number of piperidine rings is 1. The molecular formula is C33H36N4O3. The molecule has 6 rings (SSSR count). The van der Waals surface area contributed by atoms with Gasteiger partial charge in [-0.2, -0.15) is 5.26 Å². The lowest BCUT2D eigenvalue weighted by molar-refractivity contribution is -0.120. The SMILES string of the molecule is N#Cc1cccc(-c2ccc3c(c2)CCN(CC(=O)Nc2cc(O)cc(O)c2)C32CCN(C3CCCC3)CC2)c1. The molecular weight excluding hydrogens is 500 g/mol. The molecule has 7 nitrogen and oxygen atoms in total. The number of hydrogen-bond acceptors (Lipinski definition) is 6. The molecule has 3 N–H and O–H groups in total. The fourth-order valence-electron chi connectivity index (χ4n) is 7.23. The van der Waals surface area contributed by atoms with Gasteiger partial charge in [0, 0.05) is 55.1 Å². The van der Waals surface area contributed by atoms with Gasteiger partial charge in [-0.1, -0.05) is 43.2 Å². The molecule has 1 amide bonds. The fourth-order valence-corrected chi connectivity index (χ4v) is 7.23. The second-order valence-corrected chi connectivity index (χ2v) is 11.5. The number of carbonyl (C=O) groups is 1. The zero-order valence-electron chi connectivity index (χ0n) is 22.8. The van der Waals surface area contributed by atoms with Crippen molar-refractivity contribution in [1.82, 2.24) is 9.80 Å². The molecule has 0 bridgehead atoms. The molecule has 0 unspecified atom stereocenters. The van der Waals surface area contributed by atoms with E-state index in [-0.39, 0.29) is 29.5 Å². The minimum absolute atomic E-state index is 0.0888. The third-order valence-corrected chi connectivity index (χ3v) is 9.18. The van der Waals surface area contributed by atoms with Gasteiger partial charge in [-0.25, -0.2) is 0 Å². The number of aromatic hydroxyl groups is 2. The topological polar surface area (TPSA) is 99.8 Å². The van der Waals surface area contributed by atoms with Crippen LogP contribution in [0.1, 0.15) is 55.2 Å². The third-order valence-electron chi connectivity index (χ3n) is 9.18. The number of benzene rings is 3. The van der Waals surface area contributed by atoms with Gasteiger partial charge in [0.05, 0.1) is 18.2 Å². The molecule has 2 heterocycles. The van der Waals surface area contributed by atoms with Gasteiger partial charge in [0.2, 0.25) is 5.91 Å². The zero-order chi connectivity index (χ0) is 27.7. The van der Waals surface area contributed by atoms with Crippen molar-refractivity contribution < 1.29 is 15.0 Å². The van der Waals surface area contributed by atoms with Gasteiger partial charge >= 0.3 is 0 Å². The highest BCUT2D eigenvalue weighted by molar-refractivity contribution is 5.92. The molecule has 0 aromatic heterocycles. The average molecular weight is 537 g/mol. The van der Waals surface area contributed by atoms with Crippen molar-refractivity contribution in [2.45, 2.75) is 56.5 Å². The number of likely N-dealkylation sites (tertiary alicyclic amines) is 1. The summed E-state index contributed by atoms with van der Waals surface area (Å²) in [4.78, 5) is 18.3. The first-order valence-electron chi connectivity index (χ1n) is 14.4. The van der Waals surface area contributed by atoms with E-state index >= 15 is 0 Å². The van der Waals surface area contributed by atoms with E-state index in [0.29, 0.717) is 17.3 Å². The van der Waals surface area contributed by atoms with Crippen molar-refractivity contribution in [3.05, 3.63) is 77.4 Å². The minimum Gasteiger partial charge on any atom is -0.508 e. The number of anilines is 1. The van der Waals surface area contributed by atoms with Gasteiger partial charge in [-0.3, -0.25) is 9.69 Å². The summed E-state index contributed by atoms with van der Waals surface area (Å²) in [5.74, 6) is -0.334. The van der Waals surface area contributed by atoms with Crippen molar-refractivity contribution in [3.8, 4) is 28.7 Å². The summed E-state index contributed by atoms with van der Waals surface area (Å²) in [6.07, 6.45) is 8.01. The Morgan fingerprint density at radius 3 is 2.40 bits per heavy atom. The summed E-state index contributed by atoms with van der Waals surface area (Å²) in [6.45, 7) is 3.06. The number of amides is 1. The van der Waals surface area contributed by atoms with Crippen LogP contribution in [0.25, 0.3) is 11.1 Å². The number of fused-ring (bicyclic) bond motifs is 2. The van der Waals surface area contributed by atoms with Gasteiger partial charge in [0.1, 0.15) is 11.5 Å². The Balaban J connectivity index is 1.29. The molecule has 1 saturated carbocycles. The Kier molecular flexibility index (Phi) is 7.22. The predicted molar refractivity (Wildman–Crippen MR) is 155 cm³/mol. The van der Waals surface area contributed by atoms with Crippen LogP contribution in [0.15, 0.2) is 60.7 Å². The van der Waals surface area contributed by atoms with Crippen LogP contribution in [0.3, 0.4) is 0 Å². The van der Waals surface area contributed by atoms with Crippen LogP contribution < -0.4 is 5.32 Å². The third kappa shape index (κ3) is 5.17. The molecule has 1 saturated heterocycles. The van der Waals surface area contributed by atoms with Gasteiger partial charge in [-0.05, 0) is 66.5 Å². The van der Waals surface area contributed by atoms with Gasteiger partial charge in [0.15, 0.2) is 0 Å². The van der Waals surface area contributed by atoms with E-state index in [1.54, 1.807) is 0 Å². The normalized spacial score (nSPS) is 19.3. The summed E-state index contributed by atoms with van der Waals surface area (Å²) < 4.78 is 0. The smallest absolute Gasteiger partial charge is 0.238 e. The Morgan fingerprint density at radius 1 is 0.950 bits per heavy atom. The van der Waals surface area contributed by atoms with E-state index in [0.717, 1.165) is 50.0 Å². The Morgan fingerprint density at radius 2 is 1.68 bits per heavy atom. The van der Waals surface area contributed by atoms with Gasteiger partial charge < -0.3 is 20.4 Å². The highest BCUT2D eigenvalue weighted by Gasteiger charge is 2.46. The summed E-state index contributed by atoms with van der Waals surface area (Å²) in [7, 11) is 0. The van der Waals surface area contributed by atoms with E-state index in [1.807, 2.05) is 18.2 Å². The van der Waals surface area contributed by atoms with Crippen LogP contribution in [0.5, 0.6) is 11.5 Å². The number of nitrogens with one attached hydrogen (secondary N) is 1. The maximum atomic E-state index is 13.3. The zero-order valence-corrected chi connectivity index (χ0v) is 22.8. The number of carbonyl (C=O) groups excluding carboxylic acids is 1. The van der Waals surface area contributed by atoms with Crippen LogP contribution in [0, 0.1) is 11.3 Å². The highest BCUT2D eigenvalue weighted by Crippen LogP contribution is 2.45. The monoisotopic (exact) mass is 536 g/mol. The second kappa shape index (κ2) is 11.0. The summed E-state index contributed by atoms with van der Waals surface area (Å²) in [5.41, 5.74) is 5.61. The lowest BCUT2D eigenvalue weighted by Crippen LogP contribution is -2.58. The van der Waals surface area contributed by atoms with Crippen LogP contribution in [0.4, 0.5) is 5.69 Å². The van der Waals surface area contributed by atoms with Crippen molar-refractivity contribution >= 4 is 11.6 Å². The van der Waals surface area contributed by atoms with E-state index in [2.05, 4.69) is 45.5 Å². The van der Waals surface area contributed by atoms with E-state index < -0.39 is 0 Å². The molecule has 7 heteroatoms. The van der Waals surface area contributed by atoms with Gasteiger partial charge in [-0.15, -0.1) is 0 Å². The minimum atomic E-state index is -0.228. The molecule has 40 heavy (non-hydrogen) atoms. The van der Waals surface area contributed by atoms with Crippen LogP contribution in [0.2, 0.25) is 0 Å². The van der Waals surface area contributed by atoms with E-state index in [4.69, 9.17) is 0 Å². The molecule has 0 radical (unpaired) electrons. The molecule has 206 valence electrons. The van der Waals surface area contributed by atoms with Gasteiger partial charge in [0.25, 0.3) is 0 Å². The van der Waals surface area contributed by atoms with E-state index in [9.17, 15) is 20.3 Å². The van der Waals surface area contributed by atoms with Crippen LogP contribution in [-0.4, -0.2) is 58.1 Å². The van der Waals surface area contributed by atoms with E-state index in [1.165, 1.54) is 55.0 Å². The number of rotatable bonds is 5. The molecule has 2 aliphatic heterocycles. The van der Waals surface area contributed by atoms with Crippen molar-refractivity contribution in [1.29, 1.82) is 5.26 Å². The van der Waals surface area contributed by atoms with Crippen molar-refractivity contribution in [3.63, 3.8) is 0 Å². The summed E-state index contributed by atoms with van der Waals surface area (Å²) in [6, 6.07) is 21.5. The number of phenols is 2. The lowest BCUT2D eigenvalue weighted by atomic mass is 9.73. The number of phenolic OH excluding ortho intramolecular Hbond substituents is 2. The molecule has 3 aliphatic rings. The Labute approximate surface area is 235 Å². The van der Waals surface area contributed by atoms with Crippen LogP contribution in [-0.2, 0) is 16.8 Å². The molecule has 3 aromatic carbocycles. The average Bonchev–Trinajstić information content (AvgIpc) is 3.49. The Bertz CT molecular complexity index is 1430. The first kappa shape index (κ1) is 26.4. The molecule has 1 aliphatic carbocycles. The quantitative estimate of drug-likeness (QED) is 0.406. The summed E-state index contributed by atoms with van der Waals surface area (Å²) >= 11 is 0. The fraction of sp³-hybridized carbons (Fsp3) is 0.394. The number of hydrogen-bond donors (Lipinski definition) is 3. The first-order chi connectivity index (χ1) is 19.4. The Hall–Kier alpha value is -3.86. The lowest BCUT2D eigenvalue weighted by Gasteiger charge is -2.53. The maximum Gasteiger partial charge on any atom is 0.238 e. The largest absolute Gasteiger partial charge is 0.508 e. The second-order valence-electron chi connectivity index (χ2n) is 11.5. The predicted octanol–water partition coefficient (Wildman–Crippen LogP) is 5.37. The van der Waals surface area contributed by atoms with Crippen molar-refractivity contribution in [2.75, 3.05) is 31.5 Å². The number of nitriles is 1. The van der Waals surface area contributed by atoms with Crippen LogP contribution >= 0.6 is 0 Å².